The molecule has 4 rings (SSSR count). The molecule has 2 aromatic heterocycles. The van der Waals surface area contributed by atoms with Crippen molar-refractivity contribution in [3.05, 3.63) is 68.8 Å². The maximum Gasteiger partial charge on any atom is 0.328 e. The molecule has 2 heterocycles. The molecule has 8 nitrogen and oxygen atoms in total. The topological polar surface area (TPSA) is 103 Å². The maximum absolute atomic E-state index is 12.0. The van der Waals surface area contributed by atoms with Gasteiger partial charge in [0.2, 0.25) is 11.7 Å². The summed E-state index contributed by atoms with van der Waals surface area (Å²) in [6.45, 7) is 1.16. The van der Waals surface area contributed by atoms with Crippen molar-refractivity contribution in [2.45, 2.75) is 31.3 Å². The first-order chi connectivity index (χ1) is 13.1. The van der Waals surface area contributed by atoms with Crippen molar-refractivity contribution in [3.8, 4) is 11.4 Å². The molecule has 1 N–H and O–H groups in total. The lowest BCUT2D eigenvalue weighted by Gasteiger charge is -2.10. The van der Waals surface area contributed by atoms with E-state index in [0.29, 0.717) is 19.1 Å². The van der Waals surface area contributed by atoms with Crippen molar-refractivity contribution < 1.29 is 9.26 Å². The minimum Gasteiger partial charge on any atom is -0.377 e. The van der Waals surface area contributed by atoms with E-state index in [4.69, 9.17) is 9.26 Å². The summed E-state index contributed by atoms with van der Waals surface area (Å²) in [6.07, 6.45) is 4.10. The zero-order chi connectivity index (χ0) is 18.9. The highest BCUT2D eigenvalue weighted by Crippen LogP contribution is 2.50. The van der Waals surface area contributed by atoms with E-state index >= 15 is 0 Å². The number of aromatic nitrogens is 4. The van der Waals surface area contributed by atoms with E-state index in [1.807, 2.05) is 30.3 Å². The van der Waals surface area contributed by atoms with Crippen molar-refractivity contribution in [3.63, 3.8) is 0 Å². The van der Waals surface area contributed by atoms with Gasteiger partial charge in [-0.3, -0.25) is 9.78 Å². The van der Waals surface area contributed by atoms with Crippen LogP contribution in [0.4, 0.5) is 0 Å². The van der Waals surface area contributed by atoms with Gasteiger partial charge in [0.1, 0.15) is 5.56 Å². The van der Waals surface area contributed by atoms with Gasteiger partial charge in [-0.25, -0.2) is 4.79 Å². The number of hydrogen-bond acceptors (Lipinski definition) is 6. The zero-order valence-electron chi connectivity index (χ0n) is 15.0. The van der Waals surface area contributed by atoms with Crippen LogP contribution in [0.25, 0.3) is 11.4 Å². The maximum atomic E-state index is 12.0. The molecule has 0 saturated heterocycles. The highest BCUT2D eigenvalue weighted by molar-refractivity contribution is 5.51. The molecule has 8 heteroatoms. The van der Waals surface area contributed by atoms with Gasteiger partial charge in [0.25, 0.3) is 5.56 Å². The Labute approximate surface area is 154 Å². The molecule has 0 radical (unpaired) electrons. The third kappa shape index (κ3) is 3.61. The number of ether oxygens (including phenoxy) is 1. The molecule has 0 amide bonds. The van der Waals surface area contributed by atoms with Crippen molar-refractivity contribution >= 4 is 0 Å². The zero-order valence-corrected chi connectivity index (χ0v) is 15.0. The van der Waals surface area contributed by atoms with Crippen LogP contribution in [0.1, 0.15) is 30.7 Å². The number of nitrogens with zero attached hydrogens (tertiary/aromatic N) is 3. The number of benzene rings is 1. The number of H-pyrrole nitrogens is 1. The second kappa shape index (κ2) is 6.96. The fourth-order valence-corrected chi connectivity index (χ4v) is 3.02. The van der Waals surface area contributed by atoms with Crippen molar-refractivity contribution in [1.82, 2.24) is 19.7 Å². The molecule has 1 aromatic carbocycles. The summed E-state index contributed by atoms with van der Waals surface area (Å²) in [4.78, 5) is 30.1. The van der Waals surface area contributed by atoms with Crippen LogP contribution in [0.5, 0.6) is 0 Å². The third-order valence-corrected chi connectivity index (χ3v) is 4.92. The second-order valence-corrected chi connectivity index (χ2v) is 6.90. The fourth-order valence-electron chi connectivity index (χ4n) is 3.02. The molecule has 0 atom stereocenters. The molecule has 140 valence electrons. The number of hydrogen-bond donors (Lipinski definition) is 1. The number of aromatic amines is 1. The van der Waals surface area contributed by atoms with Gasteiger partial charge in [-0.2, -0.15) is 4.98 Å². The van der Waals surface area contributed by atoms with Crippen molar-refractivity contribution in [2.75, 3.05) is 6.61 Å². The number of rotatable bonds is 7. The SMILES string of the molecule is Cn1cc(-c2noc(C3(CCOCc4ccccc4)CC3)n2)c(=O)[nH]c1=O. The van der Waals surface area contributed by atoms with Gasteiger partial charge in [0, 0.05) is 19.9 Å². The highest BCUT2D eigenvalue weighted by atomic mass is 16.5. The molecule has 0 bridgehead atoms. The molecule has 1 fully saturated rings. The first kappa shape index (κ1) is 17.4. The molecule has 27 heavy (non-hydrogen) atoms. The molecule has 3 aromatic rings. The molecule has 0 aliphatic heterocycles. The van der Waals surface area contributed by atoms with Crippen LogP contribution in [0.2, 0.25) is 0 Å². The Kier molecular flexibility index (Phi) is 4.49. The number of aryl methyl sites for hydroxylation is 1. The molecule has 0 spiro atoms. The first-order valence-corrected chi connectivity index (χ1v) is 8.84. The van der Waals surface area contributed by atoms with Gasteiger partial charge >= 0.3 is 5.69 Å². The number of nitrogens with one attached hydrogen (secondary N) is 1. The van der Waals surface area contributed by atoms with Crippen LogP contribution in [0.15, 0.2) is 50.6 Å². The average Bonchev–Trinajstić information content (AvgIpc) is 3.29. The second-order valence-electron chi connectivity index (χ2n) is 6.90. The Morgan fingerprint density at radius 3 is 2.78 bits per heavy atom. The van der Waals surface area contributed by atoms with Crippen molar-refractivity contribution in [2.24, 2.45) is 7.05 Å². The Balaban J connectivity index is 1.43. The first-order valence-electron chi connectivity index (χ1n) is 8.84. The summed E-state index contributed by atoms with van der Waals surface area (Å²) in [6, 6.07) is 10.0. The predicted molar refractivity (Wildman–Crippen MR) is 97.2 cm³/mol. The Morgan fingerprint density at radius 2 is 2.04 bits per heavy atom. The summed E-state index contributed by atoms with van der Waals surface area (Å²) < 4.78 is 12.5. The van der Waals surface area contributed by atoms with Crippen LogP contribution in [-0.4, -0.2) is 26.3 Å². The van der Waals surface area contributed by atoms with E-state index in [2.05, 4.69) is 15.1 Å². The molecule has 0 unspecified atom stereocenters. The van der Waals surface area contributed by atoms with Gasteiger partial charge in [0.15, 0.2) is 0 Å². The monoisotopic (exact) mass is 368 g/mol. The van der Waals surface area contributed by atoms with Crippen LogP contribution >= 0.6 is 0 Å². The lowest BCUT2D eigenvalue weighted by molar-refractivity contribution is 0.108. The average molecular weight is 368 g/mol. The van der Waals surface area contributed by atoms with Gasteiger partial charge in [-0.05, 0) is 24.8 Å². The van der Waals surface area contributed by atoms with E-state index < -0.39 is 11.2 Å². The lowest BCUT2D eigenvalue weighted by Crippen LogP contribution is -2.28. The molecular formula is C19H20N4O4. The normalized spacial score (nSPS) is 15.0. The molecule has 1 aliphatic rings. The van der Waals surface area contributed by atoms with E-state index in [1.54, 1.807) is 7.05 Å². The van der Waals surface area contributed by atoms with E-state index in [0.717, 1.165) is 24.8 Å². The van der Waals surface area contributed by atoms with Crippen LogP contribution in [0, 0.1) is 0 Å². The highest BCUT2D eigenvalue weighted by Gasteiger charge is 2.49. The minimum absolute atomic E-state index is 0.171. The smallest absolute Gasteiger partial charge is 0.328 e. The quantitative estimate of drug-likeness (QED) is 0.638. The van der Waals surface area contributed by atoms with Crippen LogP contribution in [0.3, 0.4) is 0 Å². The summed E-state index contributed by atoms with van der Waals surface area (Å²) in [5, 5.41) is 3.94. The predicted octanol–water partition coefficient (Wildman–Crippen LogP) is 1.76. The minimum atomic E-state index is -0.526. The van der Waals surface area contributed by atoms with Crippen molar-refractivity contribution in [1.29, 1.82) is 0 Å². The fraction of sp³-hybridized carbons (Fsp3) is 0.368. The summed E-state index contributed by atoms with van der Waals surface area (Å²) in [5.74, 6) is 0.715. The Hall–Kier alpha value is -3.00. The Morgan fingerprint density at radius 1 is 1.26 bits per heavy atom. The summed E-state index contributed by atoms with van der Waals surface area (Å²) in [5.41, 5.74) is 0.165. The van der Waals surface area contributed by atoms with Gasteiger partial charge in [0.05, 0.1) is 12.0 Å². The molecular weight excluding hydrogens is 348 g/mol. The van der Waals surface area contributed by atoms with E-state index in [9.17, 15) is 9.59 Å². The Bertz CT molecular complexity index is 1050. The molecule has 1 saturated carbocycles. The van der Waals surface area contributed by atoms with Gasteiger partial charge in [-0.15, -0.1) is 0 Å². The van der Waals surface area contributed by atoms with Gasteiger partial charge in [-0.1, -0.05) is 35.5 Å². The lowest BCUT2D eigenvalue weighted by atomic mass is 10.0. The standard InChI is InChI=1S/C19H20N4O4/c1-23-11-14(16(24)21-18(23)25)15-20-17(27-22-15)19(7-8-19)9-10-26-12-13-5-3-2-4-6-13/h2-6,11H,7-10,12H2,1H3,(H,21,24,25). The molecule has 1 aliphatic carbocycles. The van der Waals surface area contributed by atoms with Crippen LogP contribution < -0.4 is 11.2 Å². The van der Waals surface area contributed by atoms with Crippen LogP contribution in [-0.2, 0) is 23.8 Å². The van der Waals surface area contributed by atoms with Gasteiger partial charge < -0.3 is 13.8 Å². The largest absolute Gasteiger partial charge is 0.377 e. The van der Waals surface area contributed by atoms with E-state index in [-0.39, 0.29) is 16.8 Å². The summed E-state index contributed by atoms with van der Waals surface area (Å²) >= 11 is 0. The van der Waals surface area contributed by atoms with E-state index in [1.165, 1.54) is 10.8 Å². The summed E-state index contributed by atoms with van der Waals surface area (Å²) in [7, 11) is 1.55. The third-order valence-electron chi connectivity index (χ3n) is 4.92.